The van der Waals surface area contributed by atoms with Crippen LogP contribution in [0.3, 0.4) is 0 Å². The first-order valence-electron chi connectivity index (χ1n) is 6.56. The van der Waals surface area contributed by atoms with Crippen LogP contribution >= 0.6 is 11.3 Å². The Morgan fingerprint density at radius 3 is 3.05 bits per heavy atom. The molecule has 0 aliphatic rings. The minimum atomic E-state index is -0.427. The van der Waals surface area contributed by atoms with Gasteiger partial charge in [0.2, 0.25) is 5.82 Å². The van der Waals surface area contributed by atoms with E-state index in [4.69, 9.17) is 0 Å². The van der Waals surface area contributed by atoms with Gasteiger partial charge < -0.3 is 10.3 Å². The standard InChI is InChI=1S/C13H14N6O2S/c1-8-12(19(20)21)13(18(2)17-8)15-7-11-14-6-9(16-11)10-4-3-5-22-10/h3-6,15H,7H2,1-2H3,(H,14,16). The van der Waals surface area contributed by atoms with Gasteiger partial charge in [0, 0.05) is 7.05 Å². The number of nitrogens with one attached hydrogen (secondary N) is 2. The Hall–Kier alpha value is -2.68. The molecule has 0 spiro atoms. The zero-order valence-electron chi connectivity index (χ0n) is 12.0. The number of hydrogen-bond acceptors (Lipinski definition) is 6. The summed E-state index contributed by atoms with van der Waals surface area (Å²) in [6, 6.07) is 3.98. The van der Waals surface area contributed by atoms with E-state index < -0.39 is 4.92 Å². The lowest BCUT2D eigenvalue weighted by Gasteiger charge is -2.04. The van der Waals surface area contributed by atoms with Crippen molar-refractivity contribution in [3.8, 4) is 10.6 Å². The molecule has 3 rings (SSSR count). The van der Waals surface area contributed by atoms with Crippen LogP contribution in [0.1, 0.15) is 11.5 Å². The zero-order chi connectivity index (χ0) is 15.7. The summed E-state index contributed by atoms with van der Waals surface area (Å²) in [4.78, 5) is 19.3. The van der Waals surface area contributed by atoms with Gasteiger partial charge in [-0.3, -0.25) is 10.1 Å². The summed E-state index contributed by atoms with van der Waals surface area (Å²) in [5.41, 5.74) is 1.31. The maximum Gasteiger partial charge on any atom is 0.333 e. The maximum absolute atomic E-state index is 11.1. The number of anilines is 1. The topological polar surface area (TPSA) is 102 Å². The van der Waals surface area contributed by atoms with Gasteiger partial charge >= 0.3 is 5.69 Å². The van der Waals surface area contributed by atoms with Crippen LogP contribution in [0.2, 0.25) is 0 Å². The number of imidazole rings is 1. The normalized spacial score (nSPS) is 10.8. The smallest absolute Gasteiger partial charge is 0.333 e. The van der Waals surface area contributed by atoms with Crippen LogP contribution in [0.5, 0.6) is 0 Å². The Kier molecular flexibility index (Phi) is 3.63. The van der Waals surface area contributed by atoms with Gasteiger partial charge in [0.1, 0.15) is 11.5 Å². The highest BCUT2D eigenvalue weighted by atomic mass is 32.1. The minimum absolute atomic E-state index is 0.00691. The van der Waals surface area contributed by atoms with Gasteiger partial charge in [-0.1, -0.05) is 6.07 Å². The molecule has 0 atom stereocenters. The van der Waals surface area contributed by atoms with Crippen molar-refractivity contribution in [2.24, 2.45) is 7.05 Å². The fraction of sp³-hybridized carbons (Fsp3) is 0.231. The number of nitrogens with zero attached hydrogens (tertiary/aromatic N) is 4. The second-order valence-corrected chi connectivity index (χ2v) is 5.69. The number of thiophene rings is 1. The van der Waals surface area contributed by atoms with E-state index in [1.807, 2.05) is 17.5 Å². The van der Waals surface area contributed by atoms with E-state index in [1.165, 1.54) is 4.68 Å². The maximum atomic E-state index is 11.1. The number of nitro groups is 1. The summed E-state index contributed by atoms with van der Waals surface area (Å²) in [5, 5.41) is 20.2. The summed E-state index contributed by atoms with van der Waals surface area (Å²) in [7, 11) is 1.67. The van der Waals surface area contributed by atoms with E-state index >= 15 is 0 Å². The van der Waals surface area contributed by atoms with Gasteiger partial charge in [0.15, 0.2) is 0 Å². The molecule has 0 aliphatic carbocycles. The molecular formula is C13H14N6O2S. The Labute approximate surface area is 130 Å². The lowest BCUT2D eigenvalue weighted by atomic mass is 10.4. The van der Waals surface area contributed by atoms with Gasteiger partial charge in [-0.05, 0) is 18.4 Å². The summed E-state index contributed by atoms with van der Waals surface area (Å²) in [6.45, 7) is 1.97. The Bertz CT molecular complexity index is 805. The molecule has 0 saturated heterocycles. The number of hydrogen-bond donors (Lipinski definition) is 2. The quantitative estimate of drug-likeness (QED) is 0.556. The third-order valence-corrected chi connectivity index (χ3v) is 4.11. The lowest BCUT2D eigenvalue weighted by molar-refractivity contribution is -0.384. The molecule has 0 aliphatic heterocycles. The molecule has 0 saturated carbocycles. The number of aromatic nitrogens is 4. The van der Waals surface area contributed by atoms with Gasteiger partial charge in [-0.15, -0.1) is 11.3 Å². The second kappa shape index (κ2) is 5.60. The average Bonchev–Trinajstić information content (AvgIpc) is 3.15. The van der Waals surface area contributed by atoms with Gasteiger partial charge in [0.05, 0.1) is 28.2 Å². The van der Waals surface area contributed by atoms with E-state index in [-0.39, 0.29) is 5.69 Å². The third-order valence-electron chi connectivity index (χ3n) is 3.21. The lowest BCUT2D eigenvalue weighted by Crippen LogP contribution is -2.07. The Morgan fingerprint density at radius 1 is 1.55 bits per heavy atom. The molecule has 3 aromatic heterocycles. The van der Waals surface area contributed by atoms with Crippen molar-refractivity contribution in [2.45, 2.75) is 13.5 Å². The van der Waals surface area contributed by atoms with Crippen molar-refractivity contribution >= 4 is 22.8 Å². The SMILES string of the molecule is Cc1nn(C)c(NCc2ncc(-c3cccs3)[nH]2)c1[N+](=O)[O-]. The van der Waals surface area contributed by atoms with Gasteiger partial charge in [-0.25, -0.2) is 9.67 Å². The highest BCUT2D eigenvalue weighted by molar-refractivity contribution is 7.13. The predicted octanol–water partition coefficient (Wildman–Crippen LogP) is 2.70. The Morgan fingerprint density at radius 2 is 2.36 bits per heavy atom. The van der Waals surface area contributed by atoms with Crippen molar-refractivity contribution in [1.29, 1.82) is 0 Å². The van der Waals surface area contributed by atoms with Crippen molar-refractivity contribution < 1.29 is 4.92 Å². The Balaban J connectivity index is 1.77. The molecule has 0 radical (unpaired) electrons. The molecule has 114 valence electrons. The molecule has 8 nitrogen and oxygen atoms in total. The van der Waals surface area contributed by atoms with Crippen molar-refractivity contribution in [3.63, 3.8) is 0 Å². The van der Waals surface area contributed by atoms with Gasteiger partial charge in [-0.2, -0.15) is 5.10 Å². The predicted molar refractivity (Wildman–Crippen MR) is 83.8 cm³/mol. The number of aromatic amines is 1. The first-order chi connectivity index (χ1) is 10.6. The fourth-order valence-corrected chi connectivity index (χ4v) is 2.93. The number of rotatable bonds is 5. The molecule has 0 bridgehead atoms. The van der Waals surface area contributed by atoms with Crippen molar-refractivity contribution in [1.82, 2.24) is 19.7 Å². The molecule has 0 unspecified atom stereocenters. The highest BCUT2D eigenvalue weighted by Gasteiger charge is 2.23. The second-order valence-electron chi connectivity index (χ2n) is 4.74. The summed E-state index contributed by atoms with van der Waals surface area (Å²) < 4.78 is 1.47. The first kappa shape index (κ1) is 14.3. The number of aryl methyl sites for hydroxylation is 2. The van der Waals surface area contributed by atoms with E-state index in [0.29, 0.717) is 23.9 Å². The van der Waals surface area contributed by atoms with Crippen LogP contribution in [0, 0.1) is 17.0 Å². The largest absolute Gasteiger partial charge is 0.357 e. The van der Waals surface area contributed by atoms with Crippen molar-refractivity contribution in [2.75, 3.05) is 5.32 Å². The first-order valence-corrected chi connectivity index (χ1v) is 7.44. The monoisotopic (exact) mass is 318 g/mol. The summed E-state index contributed by atoms with van der Waals surface area (Å²) in [5.74, 6) is 1.08. The number of H-pyrrole nitrogens is 1. The van der Waals surface area contributed by atoms with Crippen LogP contribution in [0.4, 0.5) is 11.5 Å². The third kappa shape index (κ3) is 2.58. The van der Waals surface area contributed by atoms with E-state index in [2.05, 4.69) is 20.4 Å². The summed E-state index contributed by atoms with van der Waals surface area (Å²) in [6.07, 6.45) is 1.76. The van der Waals surface area contributed by atoms with Crippen LogP contribution in [-0.2, 0) is 13.6 Å². The molecule has 9 heteroatoms. The minimum Gasteiger partial charge on any atom is -0.357 e. The van der Waals surface area contributed by atoms with Crippen LogP contribution in [0.15, 0.2) is 23.7 Å². The average molecular weight is 318 g/mol. The summed E-state index contributed by atoms with van der Waals surface area (Å²) >= 11 is 1.62. The molecule has 0 fully saturated rings. The molecule has 3 heterocycles. The van der Waals surface area contributed by atoms with Crippen LogP contribution in [-0.4, -0.2) is 24.7 Å². The fourth-order valence-electron chi connectivity index (χ4n) is 2.24. The molecule has 2 N–H and O–H groups in total. The van der Waals surface area contributed by atoms with Crippen LogP contribution < -0.4 is 5.32 Å². The van der Waals surface area contributed by atoms with E-state index in [0.717, 1.165) is 10.6 Å². The molecule has 0 amide bonds. The van der Waals surface area contributed by atoms with E-state index in [9.17, 15) is 10.1 Å². The van der Waals surface area contributed by atoms with Crippen molar-refractivity contribution in [3.05, 3.63) is 45.3 Å². The molecule has 0 aromatic carbocycles. The van der Waals surface area contributed by atoms with Crippen LogP contribution in [0.25, 0.3) is 10.6 Å². The van der Waals surface area contributed by atoms with E-state index in [1.54, 1.807) is 31.5 Å². The van der Waals surface area contributed by atoms with Gasteiger partial charge in [0.25, 0.3) is 0 Å². The highest BCUT2D eigenvalue weighted by Crippen LogP contribution is 2.28. The zero-order valence-corrected chi connectivity index (χ0v) is 12.8. The molecule has 22 heavy (non-hydrogen) atoms. The molecular weight excluding hydrogens is 304 g/mol. The molecule has 3 aromatic rings.